The molecule has 0 saturated heterocycles. The molecule has 2 heteroatoms. The van der Waals surface area contributed by atoms with Crippen LogP contribution in [0.4, 0.5) is 0 Å². The summed E-state index contributed by atoms with van der Waals surface area (Å²) in [5.41, 5.74) is 10.2. The molecular weight excluding hydrogens is 194 g/mol. The second-order valence-electron chi connectivity index (χ2n) is 3.99. The zero-order chi connectivity index (χ0) is 10.1. The van der Waals surface area contributed by atoms with Gasteiger partial charge in [-0.15, -0.1) is 0 Å². The topological polar surface area (TPSA) is 26.0 Å². The van der Waals surface area contributed by atoms with Crippen molar-refractivity contribution in [3.05, 3.63) is 33.8 Å². The van der Waals surface area contributed by atoms with Crippen molar-refractivity contribution in [2.24, 2.45) is 5.73 Å². The molecule has 1 aliphatic rings. The Morgan fingerprint density at radius 2 is 2.29 bits per heavy atom. The van der Waals surface area contributed by atoms with Crippen LogP contribution in [0.1, 0.15) is 42.5 Å². The highest BCUT2D eigenvalue weighted by Crippen LogP contribution is 2.33. The number of benzene rings is 1. The molecule has 0 amide bonds. The summed E-state index contributed by atoms with van der Waals surface area (Å²) < 4.78 is 0. The second kappa shape index (κ2) is 3.92. The lowest BCUT2D eigenvalue weighted by Crippen LogP contribution is -2.19. The van der Waals surface area contributed by atoms with E-state index in [1.807, 2.05) is 0 Å². The fourth-order valence-corrected chi connectivity index (χ4v) is 2.63. The summed E-state index contributed by atoms with van der Waals surface area (Å²) >= 11 is 6.07. The van der Waals surface area contributed by atoms with Crippen LogP contribution >= 0.6 is 11.6 Å². The molecule has 1 aromatic carbocycles. The van der Waals surface area contributed by atoms with Crippen molar-refractivity contribution >= 4 is 11.6 Å². The summed E-state index contributed by atoms with van der Waals surface area (Å²) in [6.45, 7) is 2.16. The first-order chi connectivity index (χ1) is 6.72. The molecule has 0 fully saturated rings. The number of hydrogen-bond donors (Lipinski definition) is 1. The van der Waals surface area contributed by atoms with Gasteiger partial charge in [0.2, 0.25) is 0 Å². The summed E-state index contributed by atoms with van der Waals surface area (Å²) in [6, 6.07) is 4.37. The van der Waals surface area contributed by atoms with Crippen molar-refractivity contribution in [1.82, 2.24) is 0 Å². The maximum absolute atomic E-state index is 6.13. The fraction of sp³-hybridized carbons (Fsp3) is 0.500. The summed E-state index contributed by atoms with van der Waals surface area (Å²) in [5.74, 6) is 0. The largest absolute Gasteiger partial charge is 0.324 e. The van der Waals surface area contributed by atoms with E-state index in [1.165, 1.54) is 23.1 Å². The van der Waals surface area contributed by atoms with Gasteiger partial charge in [0.05, 0.1) is 0 Å². The lowest BCUT2D eigenvalue weighted by atomic mass is 9.84. The van der Waals surface area contributed by atoms with E-state index in [1.54, 1.807) is 0 Å². The standard InChI is InChI=1S/C12H16ClN/c1-2-8-6-10(13)7-9-4-3-5-11(14)12(8)9/h6-7,11H,2-5,14H2,1H3. The quantitative estimate of drug-likeness (QED) is 0.755. The Bertz CT molecular complexity index is 329. The monoisotopic (exact) mass is 209 g/mol. The molecule has 0 aliphatic heterocycles. The maximum atomic E-state index is 6.13. The first kappa shape index (κ1) is 10.0. The van der Waals surface area contributed by atoms with Crippen molar-refractivity contribution in [1.29, 1.82) is 0 Å². The van der Waals surface area contributed by atoms with Gasteiger partial charge < -0.3 is 5.73 Å². The third-order valence-corrected chi connectivity index (χ3v) is 3.25. The van der Waals surface area contributed by atoms with Crippen molar-refractivity contribution in [2.45, 2.75) is 38.6 Å². The Balaban J connectivity index is 2.55. The Kier molecular flexibility index (Phi) is 2.80. The van der Waals surface area contributed by atoms with Gasteiger partial charge in [0.1, 0.15) is 0 Å². The van der Waals surface area contributed by atoms with Gasteiger partial charge in [0.15, 0.2) is 0 Å². The molecule has 0 radical (unpaired) electrons. The first-order valence-corrected chi connectivity index (χ1v) is 5.67. The average Bonchev–Trinajstić information content (AvgIpc) is 2.16. The third-order valence-electron chi connectivity index (χ3n) is 3.03. The maximum Gasteiger partial charge on any atom is 0.0411 e. The van der Waals surface area contributed by atoms with E-state index >= 15 is 0 Å². The van der Waals surface area contributed by atoms with Crippen LogP contribution in [0.2, 0.25) is 5.02 Å². The minimum Gasteiger partial charge on any atom is -0.324 e. The summed E-state index contributed by atoms with van der Waals surface area (Å²) in [4.78, 5) is 0. The van der Waals surface area contributed by atoms with E-state index in [9.17, 15) is 0 Å². The zero-order valence-electron chi connectivity index (χ0n) is 8.52. The van der Waals surface area contributed by atoms with Gasteiger partial charge in [-0.1, -0.05) is 18.5 Å². The predicted octanol–water partition coefficient (Wildman–Crippen LogP) is 3.24. The van der Waals surface area contributed by atoms with Gasteiger partial charge in [0.25, 0.3) is 0 Å². The van der Waals surface area contributed by atoms with Crippen molar-refractivity contribution in [3.63, 3.8) is 0 Å². The van der Waals surface area contributed by atoms with Gasteiger partial charge in [-0.3, -0.25) is 0 Å². The van der Waals surface area contributed by atoms with Gasteiger partial charge in [-0.25, -0.2) is 0 Å². The zero-order valence-corrected chi connectivity index (χ0v) is 9.27. The van der Waals surface area contributed by atoms with Crippen LogP contribution in [0.25, 0.3) is 0 Å². The molecule has 1 aliphatic carbocycles. The number of halogens is 1. The molecule has 1 atom stereocenters. The van der Waals surface area contributed by atoms with E-state index in [2.05, 4.69) is 19.1 Å². The molecule has 0 spiro atoms. The van der Waals surface area contributed by atoms with Crippen molar-refractivity contribution in [3.8, 4) is 0 Å². The smallest absolute Gasteiger partial charge is 0.0411 e. The first-order valence-electron chi connectivity index (χ1n) is 5.29. The van der Waals surface area contributed by atoms with Gasteiger partial charge >= 0.3 is 0 Å². The summed E-state index contributed by atoms with van der Waals surface area (Å²) in [5, 5.41) is 0.856. The van der Waals surface area contributed by atoms with Gasteiger partial charge in [-0.05, 0) is 54.5 Å². The molecule has 0 bridgehead atoms. The second-order valence-corrected chi connectivity index (χ2v) is 4.43. The Hall–Kier alpha value is -0.530. The van der Waals surface area contributed by atoms with E-state index in [4.69, 9.17) is 17.3 Å². The number of fused-ring (bicyclic) bond motifs is 1. The van der Waals surface area contributed by atoms with Crippen LogP contribution in [0.15, 0.2) is 12.1 Å². The van der Waals surface area contributed by atoms with E-state index in [0.717, 1.165) is 24.3 Å². The number of nitrogens with two attached hydrogens (primary N) is 1. The molecule has 1 unspecified atom stereocenters. The molecule has 2 rings (SSSR count). The van der Waals surface area contributed by atoms with Gasteiger partial charge in [-0.2, -0.15) is 0 Å². The SMILES string of the molecule is CCc1cc(Cl)cc2c1C(N)CCC2. The summed E-state index contributed by atoms with van der Waals surface area (Å²) in [7, 11) is 0. The molecule has 0 heterocycles. The third kappa shape index (κ3) is 1.67. The van der Waals surface area contributed by atoms with Crippen LogP contribution in [-0.2, 0) is 12.8 Å². The summed E-state index contributed by atoms with van der Waals surface area (Å²) in [6.07, 6.45) is 4.46. The van der Waals surface area contributed by atoms with E-state index in [-0.39, 0.29) is 6.04 Å². The Labute approximate surface area is 90.3 Å². The van der Waals surface area contributed by atoms with E-state index < -0.39 is 0 Å². The highest BCUT2D eigenvalue weighted by molar-refractivity contribution is 6.30. The minimum atomic E-state index is 0.228. The van der Waals surface area contributed by atoms with Crippen LogP contribution in [-0.4, -0.2) is 0 Å². The van der Waals surface area contributed by atoms with Crippen LogP contribution in [0, 0.1) is 0 Å². The highest BCUT2D eigenvalue weighted by atomic mass is 35.5. The molecule has 1 aromatic rings. The van der Waals surface area contributed by atoms with E-state index in [0.29, 0.717) is 0 Å². The number of hydrogen-bond acceptors (Lipinski definition) is 1. The van der Waals surface area contributed by atoms with Crippen LogP contribution in [0.5, 0.6) is 0 Å². The molecule has 0 saturated carbocycles. The van der Waals surface area contributed by atoms with Gasteiger partial charge in [0, 0.05) is 11.1 Å². The molecule has 1 nitrogen and oxygen atoms in total. The highest BCUT2D eigenvalue weighted by Gasteiger charge is 2.19. The fourth-order valence-electron chi connectivity index (χ4n) is 2.37. The number of aryl methyl sites for hydroxylation is 2. The molecule has 76 valence electrons. The lowest BCUT2D eigenvalue weighted by molar-refractivity contribution is 0.565. The normalized spacial score (nSPS) is 20.6. The lowest BCUT2D eigenvalue weighted by Gasteiger charge is -2.25. The Morgan fingerprint density at radius 3 is 3.00 bits per heavy atom. The molecule has 0 aromatic heterocycles. The molecule has 14 heavy (non-hydrogen) atoms. The average molecular weight is 210 g/mol. The minimum absolute atomic E-state index is 0.228. The van der Waals surface area contributed by atoms with Crippen LogP contribution in [0.3, 0.4) is 0 Å². The Morgan fingerprint density at radius 1 is 1.50 bits per heavy atom. The van der Waals surface area contributed by atoms with Crippen molar-refractivity contribution < 1.29 is 0 Å². The number of rotatable bonds is 1. The predicted molar refractivity (Wildman–Crippen MR) is 60.7 cm³/mol. The van der Waals surface area contributed by atoms with Crippen LogP contribution < -0.4 is 5.73 Å². The van der Waals surface area contributed by atoms with Crippen molar-refractivity contribution in [2.75, 3.05) is 0 Å². The molecule has 2 N–H and O–H groups in total. The molecular formula is C12H16ClN.